The summed E-state index contributed by atoms with van der Waals surface area (Å²) in [7, 11) is -2.56. The molecule has 2 heterocycles. The van der Waals surface area contributed by atoms with E-state index in [0.29, 0.717) is 18.0 Å². The quantitative estimate of drug-likeness (QED) is 0.634. The van der Waals surface area contributed by atoms with E-state index in [1.165, 1.54) is 23.6 Å². The Balaban J connectivity index is 2.15. The van der Waals surface area contributed by atoms with Crippen molar-refractivity contribution in [3.63, 3.8) is 0 Å². The molecule has 0 aliphatic heterocycles. The molecule has 0 aliphatic rings. The molecule has 0 spiro atoms. The van der Waals surface area contributed by atoms with Crippen LogP contribution in [0.1, 0.15) is 24.6 Å². The maximum absolute atomic E-state index is 14.0. The van der Waals surface area contributed by atoms with Gasteiger partial charge in [0.1, 0.15) is 5.82 Å². The Bertz CT molecular complexity index is 1050. The number of ether oxygens (including phenoxy) is 1. The van der Waals surface area contributed by atoms with Crippen LogP contribution < -0.4 is 4.74 Å². The lowest BCUT2D eigenvalue weighted by Gasteiger charge is -2.10. The fraction of sp³-hybridized carbons (Fsp3) is 0.312. The second-order valence-corrected chi connectivity index (χ2v) is 7.91. The zero-order chi connectivity index (χ0) is 18.9. The number of hydrogen-bond donors (Lipinski definition) is 0. The molecule has 0 amide bonds. The van der Waals surface area contributed by atoms with E-state index in [2.05, 4.69) is 15.2 Å². The Kier molecular flexibility index (Phi) is 5.10. The van der Waals surface area contributed by atoms with Crippen LogP contribution in [0.25, 0.3) is 5.78 Å². The Labute approximate surface area is 154 Å². The summed E-state index contributed by atoms with van der Waals surface area (Å²) < 4.78 is 46.3. The van der Waals surface area contributed by atoms with E-state index in [1.807, 2.05) is 6.92 Å². The van der Waals surface area contributed by atoms with Gasteiger partial charge < -0.3 is 4.74 Å². The van der Waals surface area contributed by atoms with Gasteiger partial charge in [-0.3, -0.25) is 4.40 Å². The Morgan fingerprint density at radius 1 is 1.31 bits per heavy atom. The van der Waals surface area contributed by atoms with Crippen molar-refractivity contribution in [2.45, 2.75) is 30.7 Å². The molecule has 2 aromatic heterocycles. The van der Waals surface area contributed by atoms with E-state index in [0.717, 1.165) is 12.5 Å². The van der Waals surface area contributed by atoms with Crippen LogP contribution in [0.3, 0.4) is 0 Å². The predicted molar refractivity (Wildman–Crippen MR) is 93.6 cm³/mol. The molecule has 0 saturated carbocycles. The number of benzene rings is 1. The second-order valence-electron chi connectivity index (χ2n) is 5.62. The lowest BCUT2D eigenvalue weighted by atomic mass is 10.2. The highest BCUT2D eigenvalue weighted by Gasteiger charge is 2.27. The van der Waals surface area contributed by atoms with Crippen LogP contribution >= 0.6 is 11.6 Å². The van der Waals surface area contributed by atoms with Crippen molar-refractivity contribution in [1.82, 2.24) is 19.6 Å². The van der Waals surface area contributed by atoms with Crippen molar-refractivity contribution in [3.8, 4) is 5.88 Å². The van der Waals surface area contributed by atoms with Gasteiger partial charge in [-0.05, 0) is 18.6 Å². The normalized spacial score (nSPS) is 11.8. The highest BCUT2D eigenvalue weighted by atomic mass is 35.5. The third-order valence-corrected chi connectivity index (χ3v) is 5.64. The number of halogens is 2. The third-order valence-electron chi connectivity index (χ3n) is 3.79. The summed E-state index contributed by atoms with van der Waals surface area (Å²) in [6.45, 7) is 1.95. The van der Waals surface area contributed by atoms with Gasteiger partial charge in [0.25, 0.3) is 10.9 Å². The van der Waals surface area contributed by atoms with Crippen molar-refractivity contribution >= 4 is 27.2 Å². The van der Waals surface area contributed by atoms with Gasteiger partial charge in [-0.25, -0.2) is 12.8 Å². The van der Waals surface area contributed by atoms with Crippen LogP contribution in [0.4, 0.5) is 4.39 Å². The first-order valence-corrected chi connectivity index (χ1v) is 9.85. The lowest BCUT2D eigenvalue weighted by molar-refractivity contribution is 0.396. The van der Waals surface area contributed by atoms with Crippen molar-refractivity contribution in [2.75, 3.05) is 7.11 Å². The number of methoxy groups -OCH3 is 1. The van der Waals surface area contributed by atoms with Crippen LogP contribution in [0.2, 0.25) is 5.02 Å². The van der Waals surface area contributed by atoms with Gasteiger partial charge >= 0.3 is 0 Å². The molecule has 0 bridgehead atoms. The van der Waals surface area contributed by atoms with E-state index in [1.54, 1.807) is 6.07 Å². The summed E-state index contributed by atoms with van der Waals surface area (Å²) in [5.74, 6) is -0.902. The molecule has 26 heavy (non-hydrogen) atoms. The smallest absolute Gasteiger partial charge is 0.259 e. The highest BCUT2D eigenvalue weighted by molar-refractivity contribution is 7.90. The van der Waals surface area contributed by atoms with Gasteiger partial charge in [0.15, 0.2) is 0 Å². The van der Waals surface area contributed by atoms with Gasteiger partial charge in [0.05, 0.1) is 12.9 Å². The zero-order valence-corrected chi connectivity index (χ0v) is 15.7. The first-order chi connectivity index (χ1) is 12.4. The third kappa shape index (κ3) is 3.36. The van der Waals surface area contributed by atoms with Crippen LogP contribution in [0, 0.1) is 5.82 Å². The fourth-order valence-corrected chi connectivity index (χ4v) is 4.35. The maximum Gasteiger partial charge on any atom is 0.259 e. The molecule has 0 aliphatic carbocycles. The number of hydrogen-bond acceptors (Lipinski definition) is 6. The van der Waals surface area contributed by atoms with E-state index >= 15 is 0 Å². The Morgan fingerprint density at radius 2 is 2.08 bits per heavy atom. The maximum atomic E-state index is 14.0. The fourth-order valence-electron chi connectivity index (χ4n) is 2.59. The summed E-state index contributed by atoms with van der Waals surface area (Å²) in [4.78, 5) is 4.12. The van der Waals surface area contributed by atoms with Gasteiger partial charge in [-0.2, -0.15) is 4.98 Å². The predicted octanol–water partition coefficient (Wildman–Crippen LogP) is 2.85. The Morgan fingerprint density at radius 3 is 2.73 bits per heavy atom. The molecule has 10 heteroatoms. The number of nitrogens with zero attached hydrogens (tertiary/aromatic N) is 4. The van der Waals surface area contributed by atoms with Crippen molar-refractivity contribution in [1.29, 1.82) is 0 Å². The SMILES string of the molecule is CCCc1cc(OC)nc2nnc(S(=O)(=O)Cc3c(F)cccc3Cl)n12. The van der Waals surface area contributed by atoms with E-state index in [-0.39, 0.29) is 21.5 Å². The molecule has 0 saturated heterocycles. The zero-order valence-electron chi connectivity index (χ0n) is 14.1. The van der Waals surface area contributed by atoms with Crippen molar-refractivity contribution < 1.29 is 17.5 Å². The molecule has 0 unspecified atom stereocenters. The number of sulfone groups is 1. The molecule has 0 radical (unpaired) electrons. The molecule has 0 fully saturated rings. The molecular formula is C16H16ClFN4O3S. The minimum Gasteiger partial charge on any atom is -0.481 e. The van der Waals surface area contributed by atoms with Gasteiger partial charge in [-0.15, -0.1) is 10.2 Å². The van der Waals surface area contributed by atoms with E-state index < -0.39 is 21.4 Å². The summed E-state index contributed by atoms with van der Waals surface area (Å²) >= 11 is 5.96. The first-order valence-electron chi connectivity index (χ1n) is 7.82. The van der Waals surface area contributed by atoms with E-state index in [4.69, 9.17) is 16.3 Å². The first kappa shape index (κ1) is 18.5. The average Bonchev–Trinajstić information content (AvgIpc) is 3.03. The summed E-state index contributed by atoms with van der Waals surface area (Å²) in [5, 5.41) is 7.36. The molecule has 7 nitrogen and oxygen atoms in total. The molecule has 1 aromatic carbocycles. The number of rotatable bonds is 6. The molecule has 3 aromatic rings. The molecular weight excluding hydrogens is 383 g/mol. The molecule has 3 rings (SSSR count). The van der Waals surface area contributed by atoms with E-state index in [9.17, 15) is 12.8 Å². The Hall–Kier alpha value is -2.26. The topological polar surface area (TPSA) is 86.4 Å². The lowest BCUT2D eigenvalue weighted by Crippen LogP contribution is -2.13. The summed E-state index contributed by atoms with van der Waals surface area (Å²) in [5.41, 5.74) is 0.530. The monoisotopic (exact) mass is 398 g/mol. The number of fused-ring (bicyclic) bond motifs is 1. The minimum absolute atomic E-state index is 0.0379. The van der Waals surface area contributed by atoms with Gasteiger partial charge in [-0.1, -0.05) is 31.0 Å². The molecule has 0 atom stereocenters. The number of aromatic nitrogens is 4. The average molecular weight is 399 g/mol. The van der Waals surface area contributed by atoms with Crippen molar-refractivity contribution in [3.05, 3.63) is 46.4 Å². The van der Waals surface area contributed by atoms with Crippen molar-refractivity contribution in [2.24, 2.45) is 0 Å². The van der Waals surface area contributed by atoms with Crippen LogP contribution in [0.5, 0.6) is 5.88 Å². The highest BCUT2D eigenvalue weighted by Crippen LogP contribution is 2.25. The number of aryl methyl sites for hydroxylation is 1. The largest absolute Gasteiger partial charge is 0.481 e. The molecule has 138 valence electrons. The van der Waals surface area contributed by atoms with Gasteiger partial charge in [0.2, 0.25) is 15.7 Å². The summed E-state index contributed by atoms with van der Waals surface area (Å²) in [6, 6.07) is 5.64. The minimum atomic E-state index is -4.02. The van der Waals surface area contributed by atoms with Crippen LogP contribution in [-0.2, 0) is 22.0 Å². The van der Waals surface area contributed by atoms with Gasteiger partial charge in [0, 0.05) is 22.3 Å². The van der Waals surface area contributed by atoms with Crippen LogP contribution in [0.15, 0.2) is 29.4 Å². The second kappa shape index (κ2) is 7.16. The summed E-state index contributed by atoms with van der Waals surface area (Å²) in [6.07, 6.45) is 1.33. The van der Waals surface area contributed by atoms with Crippen LogP contribution in [-0.4, -0.2) is 35.1 Å². The molecule has 0 N–H and O–H groups in total. The standard InChI is InChI=1S/C16H16ClFN4O3S/c1-3-5-10-8-14(25-2)19-15-20-21-16(22(10)15)26(23,24)9-11-12(17)6-4-7-13(11)18/h4,6-8H,3,5,9H2,1-2H3.